The molecule has 2 unspecified atom stereocenters. The third-order valence-corrected chi connectivity index (χ3v) is 5.09. The first-order chi connectivity index (χ1) is 13.1. The third kappa shape index (κ3) is 5.66. The van der Waals surface area contributed by atoms with E-state index in [-0.39, 0.29) is 11.8 Å². The van der Waals surface area contributed by atoms with Crippen LogP contribution >= 0.6 is 0 Å². The number of benzene rings is 2. The molecule has 1 heterocycles. The molecule has 5 heteroatoms. The Kier molecular flexibility index (Phi) is 6.60. The second-order valence-corrected chi connectivity index (χ2v) is 7.24. The zero-order chi connectivity index (χ0) is 19.1. The predicted octanol–water partition coefficient (Wildman–Crippen LogP) is 3.90. The van der Waals surface area contributed by atoms with Gasteiger partial charge in [-0.05, 0) is 68.1 Å². The topological polar surface area (TPSA) is 70.2 Å². The highest BCUT2D eigenvalue weighted by atomic mass is 16.2. The lowest BCUT2D eigenvalue weighted by molar-refractivity contribution is -0.117. The Morgan fingerprint density at radius 1 is 1.07 bits per heavy atom. The molecule has 3 rings (SSSR count). The molecule has 27 heavy (non-hydrogen) atoms. The smallest absolute Gasteiger partial charge is 0.255 e. The highest BCUT2D eigenvalue weighted by Gasteiger charge is 2.22. The molecule has 0 bridgehead atoms. The van der Waals surface area contributed by atoms with Gasteiger partial charge in [0.15, 0.2) is 0 Å². The van der Waals surface area contributed by atoms with Gasteiger partial charge in [0.25, 0.3) is 5.91 Å². The van der Waals surface area contributed by atoms with Gasteiger partial charge in [-0.15, -0.1) is 0 Å². The average molecular weight is 365 g/mol. The summed E-state index contributed by atoms with van der Waals surface area (Å²) in [6, 6.07) is 16.3. The fourth-order valence-corrected chi connectivity index (χ4v) is 3.50. The molecule has 0 spiro atoms. The van der Waals surface area contributed by atoms with Gasteiger partial charge in [0, 0.05) is 23.4 Å². The minimum absolute atomic E-state index is 0.0135. The lowest BCUT2D eigenvalue weighted by Gasteiger charge is -2.28. The number of piperidine rings is 1. The van der Waals surface area contributed by atoms with Crippen LogP contribution in [0, 0.1) is 11.8 Å². The number of carbonyl (C=O) groups is 2. The van der Waals surface area contributed by atoms with Crippen molar-refractivity contribution in [2.75, 3.05) is 23.7 Å². The molecular weight excluding hydrogens is 338 g/mol. The predicted molar refractivity (Wildman–Crippen MR) is 109 cm³/mol. The summed E-state index contributed by atoms with van der Waals surface area (Å²) in [5.74, 6) is 0.747. The Hall–Kier alpha value is -2.66. The molecule has 5 nitrogen and oxygen atoms in total. The van der Waals surface area contributed by atoms with E-state index in [1.165, 1.54) is 12.8 Å². The number of amides is 2. The van der Waals surface area contributed by atoms with Crippen molar-refractivity contribution in [3.8, 4) is 0 Å². The van der Waals surface area contributed by atoms with Crippen molar-refractivity contribution in [3.05, 3.63) is 60.2 Å². The van der Waals surface area contributed by atoms with E-state index in [2.05, 4.69) is 22.9 Å². The van der Waals surface area contributed by atoms with E-state index >= 15 is 0 Å². The Bertz CT molecular complexity index is 770. The van der Waals surface area contributed by atoms with Crippen LogP contribution in [-0.2, 0) is 4.79 Å². The molecule has 2 atom stereocenters. The van der Waals surface area contributed by atoms with Crippen molar-refractivity contribution in [2.24, 2.45) is 11.8 Å². The Morgan fingerprint density at radius 3 is 2.52 bits per heavy atom. The van der Waals surface area contributed by atoms with E-state index in [1.807, 2.05) is 36.4 Å². The average Bonchev–Trinajstić information content (AvgIpc) is 2.69. The van der Waals surface area contributed by atoms with Crippen LogP contribution in [0.2, 0.25) is 0 Å². The van der Waals surface area contributed by atoms with Crippen molar-refractivity contribution < 1.29 is 9.59 Å². The van der Waals surface area contributed by atoms with Gasteiger partial charge in [0.2, 0.25) is 5.91 Å². The molecule has 0 saturated carbocycles. The third-order valence-electron chi connectivity index (χ3n) is 5.09. The van der Waals surface area contributed by atoms with Crippen LogP contribution < -0.4 is 16.0 Å². The fraction of sp³-hybridized carbons (Fsp3) is 0.364. The Labute approximate surface area is 160 Å². The summed E-state index contributed by atoms with van der Waals surface area (Å²) in [5, 5.41) is 9.23. The number of anilines is 2. The van der Waals surface area contributed by atoms with Gasteiger partial charge >= 0.3 is 0 Å². The monoisotopic (exact) mass is 365 g/mol. The summed E-state index contributed by atoms with van der Waals surface area (Å²) < 4.78 is 0. The summed E-state index contributed by atoms with van der Waals surface area (Å²) in [4.78, 5) is 24.7. The number of carbonyl (C=O) groups excluding carboxylic acids is 2. The number of hydrogen-bond acceptors (Lipinski definition) is 3. The van der Waals surface area contributed by atoms with E-state index in [1.54, 1.807) is 18.2 Å². The molecule has 2 aromatic rings. The largest absolute Gasteiger partial charge is 0.326 e. The minimum Gasteiger partial charge on any atom is -0.326 e. The highest BCUT2D eigenvalue weighted by molar-refractivity contribution is 6.04. The van der Waals surface area contributed by atoms with Gasteiger partial charge in [0.1, 0.15) is 0 Å². The maximum atomic E-state index is 12.4. The summed E-state index contributed by atoms with van der Waals surface area (Å²) in [5.41, 5.74) is 1.95. The molecule has 2 aromatic carbocycles. The molecule has 1 aliphatic rings. The van der Waals surface area contributed by atoms with E-state index in [0.29, 0.717) is 35.2 Å². The van der Waals surface area contributed by atoms with Crippen LogP contribution in [0.5, 0.6) is 0 Å². The SMILES string of the molecule is CC(CC(=O)Nc1cccc(NC(=O)c2ccccc2)c1)C1CCCNC1. The van der Waals surface area contributed by atoms with Gasteiger partial charge in [-0.3, -0.25) is 9.59 Å². The lowest BCUT2D eigenvalue weighted by Crippen LogP contribution is -2.34. The number of rotatable bonds is 6. The zero-order valence-corrected chi connectivity index (χ0v) is 15.7. The van der Waals surface area contributed by atoms with E-state index in [4.69, 9.17) is 0 Å². The summed E-state index contributed by atoms with van der Waals surface area (Å²) in [6.45, 7) is 4.22. The van der Waals surface area contributed by atoms with Crippen LogP contribution in [-0.4, -0.2) is 24.9 Å². The summed E-state index contributed by atoms with van der Waals surface area (Å²) in [6.07, 6.45) is 2.87. The van der Waals surface area contributed by atoms with Crippen molar-refractivity contribution in [1.29, 1.82) is 0 Å². The van der Waals surface area contributed by atoms with Crippen molar-refractivity contribution in [1.82, 2.24) is 5.32 Å². The standard InChI is InChI=1S/C22H27N3O2/c1-16(18-9-6-12-23-15-18)13-21(26)24-19-10-5-11-20(14-19)25-22(27)17-7-3-2-4-8-17/h2-5,7-8,10-11,14,16,18,23H,6,9,12-13,15H2,1H3,(H,24,26)(H,25,27). The first kappa shape index (κ1) is 19.1. The zero-order valence-electron chi connectivity index (χ0n) is 15.7. The quantitative estimate of drug-likeness (QED) is 0.727. The van der Waals surface area contributed by atoms with Crippen LogP contribution in [0.1, 0.15) is 36.5 Å². The number of hydrogen-bond donors (Lipinski definition) is 3. The van der Waals surface area contributed by atoms with Crippen LogP contribution in [0.25, 0.3) is 0 Å². The van der Waals surface area contributed by atoms with Gasteiger partial charge in [0.05, 0.1) is 0 Å². The normalized spacial score (nSPS) is 17.7. The number of nitrogens with one attached hydrogen (secondary N) is 3. The van der Waals surface area contributed by atoms with E-state index < -0.39 is 0 Å². The van der Waals surface area contributed by atoms with Gasteiger partial charge in [-0.2, -0.15) is 0 Å². The van der Waals surface area contributed by atoms with Crippen LogP contribution in [0.4, 0.5) is 11.4 Å². The van der Waals surface area contributed by atoms with Crippen molar-refractivity contribution >= 4 is 23.2 Å². The molecule has 1 fully saturated rings. The minimum atomic E-state index is -0.169. The Morgan fingerprint density at radius 2 is 1.81 bits per heavy atom. The molecule has 1 aliphatic heterocycles. The van der Waals surface area contributed by atoms with Crippen LogP contribution in [0.15, 0.2) is 54.6 Å². The molecule has 142 valence electrons. The molecule has 2 amide bonds. The molecule has 3 N–H and O–H groups in total. The molecule has 0 aliphatic carbocycles. The molecule has 1 saturated heterocycles. The van der Waals surface area contributed by atoms with Crippen molar-refractivity contribution in [2.45, 2.75) is 26.2 Å². The highest BCUT2D eigenvalue weighted by Crippen LogP contribution is 2.23. The van der Waals surface area contributed by atoms with E-state index in [9.17, 15) is 9.59 Å². The summed E-state index contributed by atoms with van der Waals surface area (Å²) in [7, 11) is 0. The fourth-order valence-electron chi connectivity index (χ4n) is 3.50. The first-order valence-corrected chi connectivity index (χ1v) is 9.59. The van der Waals surface area contributed by atoms with E-state index in [0.717, 1.165) is 13.1 Å². The lowest BCUT2D eigenvalue weighted by atomic mass is 9.85. The molecular formula is C22H27N3O2. The maximum Gasteiger partial charge on any atom is 0.255 e. The van der Waals surface area contributed by atoms with Crippen LogP contribution in [0.3, 0.4) is 0 Å². The second-order valence-electron chi connectivity index (χ2n) is 7.24. The Balaban J connectivity index is 1.55. The van der Waals surface area contributed by atoms with Crippen molar-refractivity contribution in [3.63, 3.8) is 0 Å². The first-order valence-electron chi connectivity index (χ1n) is 9.59. The molecule has 0 aromatic heterocycles. The van der Waals surface area contributed by atoms with Gasteiger partial charge < -0.3 is 16.0 Å². The molecule has 0 radical (unpaired) electrons. The van der Waals surface area contributed by atoms with Gasteiger partial charge in [-0.1, -0.05) is 31.2 Å². The second kappa shape index (κ2) is 9.33. The van der Waals surface area contributed by atoms with Gasteiger partial charge in [-0.25, -0.2) is 0 Å². The summed E-state index contributed by atoms with van der Waals surface area (Å²) >= 11 is 0. The maximum absolute atomic E-state index is 12.4.